The SMILES string of the molecule is C[C@H]([NH2+][C@H](c1ccccc1)c1ccco1)C(=O)NC(c1ccccc1)c1ccccc1. The van der Waals surface area contributed by atoms with Crippen molar-refractivity contribution < 1.29 is 14.5 Å². The van der Waals surface area contributed by atoms with Crippen molar-refractivity contribution in [2.24, 2.45) is 0 Å². The van der Waals surface area contributed by atoms with E-state index in [2.05, 4.69) is 22.8 Å². The highest BCUT2D eigenvalue weighted by Gasteiger charge is 2.28. The summed E-state index contributed by atoms with van der Waals surface area (Å²) in [6, 6.07) is 33.5. The molecule has 0 aliphatic carbocycles. The fraction of sp³-hybridized carbons (Fsp3) is 0.148. The summed E-state index contributed by atoms with van der Waals surface area (Å²) in [5.41, 5.74) is 3.21. The third-order valence-electron chi connectivity index (χ3n) is 5.46. The van der Waals surface area contributed by atoms with Crippen LogP contribution in [-0.4, -0.2) is 11.9 Å². The molecule has 1 amide bonds. The maximum Gasteiger partial charge on any atom is 0.278 e. The van der Waals surface area contributed by atoms with Gasteiger partial charge in [-0.15, -0.1) is 0 Å². The van der Waals surface area contributed by atoms with Gasteiger partial charge < -0.3 is 15.1 Å². The van der Waals surface area contributed by atoms with Gasteiger partial charge in [-0.05, 0) is 30.2 Å². The van der Waals surface area contributed by atoms with Crippen LogP contribution in [0.15, 0.2) is 114 Å². The number of rotatable bonds is 8. The molecule has 0 saturated heterocycles. The standard InChI is InChI=1S/C27H26N2O2/c1-20(28-26(24-18-11-19-31-24)23-16-9-4-10-17-23)27(30)29-25(21-12-5-2-6-13-21)22-14-7-3-8-15-22/h2-20,25-26,28H,1H3,(H,29,30)/p+1/t20-,26+/m0/s1. The fourth-order valence-corrected chi connectivity index (χ4v) is 3.80. The first kappa shape index (κ1) is 20.6. The number of quaternary nitrogens is 1. The van der Waals surface area contributed by atoms with Crippen molar-refractivity contribution in [3.63, 3.8) is 0 Å². The van der Waals surface area contributed by atoms with E-state index in [1.807, 2.05) is 97.9 Å². The van der Waals surface area contributed by atoms with Crippen LogP contribution in [0.2, 0.25) is 0 Å². The summed E-state index contributed by atoms with van der Waals surface area (Å²) in [5.74, 6) is 0.804. The van der Waals surface area contributed by atoms with E-state index in [0.717, 1.165) is 22.5 Å². The molecule has 4 nitrogen and oxygen atoms in total. The average Bonchev–Trinajstić information content (AvgIpc) is 3.37. The van der Waals surface area contributed by atoms with Gasteiger partial charge in [0, 0.05) is 5.56 Å². The highest BCUT2D eigenvalue weighted by atomic mass is 16.3. The van der Waals surface area contributed by atoms with Crippen molar-refractivity contribution >= 4 is 5.91 Å². The van der Waals surface area contributed by atoms with Crippen molar-refractivity contribution in [2.75, 3.05) is 0 Å². The third-order valence-corrected chi connectivity index (χ3v) is 5.46. The van der Waals surface area contributed by atoms with E-state index < -0.39 is 0 Å². The molecule has 0 bridgehead atoms. The third kappa shape index (κ3) is 5.11. The molecule has 1 heterocycles. The highest BCUT2D eigenvalue weighted by Crippen LogP contribution is 2.22. The number of nitrogens with one attached hydrogen (secondary N) is 1. The van der Waals surface area contributed by atoms with Crippen molar-refractivity contribution in [2.45, 2.75) is 25.0 Å². The molecule has 2 atom stereocenters. The Morgan fingerprint density at radius 3 is 1.74 bits per heavy atom. The van der Waals surface area contributed by atoms with Crippen LogP contribution >= 0.6 is 0 Å². The monoisotopic (exact) mass is 411 g/mol. The Bertz CT molecular complexity index is 1020. The van der Waals surface area contributed by atoms with Crippen molar-refractivity contribution in [1.29, 1.82) is 0 Å². The van der Waals surface area contributed by atoms with Gasteiger partial charge in [-0.3, -0.25) is 4.79 Å². The molecule has 31 heavy (non-hydrogen) atoms. The Balaban J connectivity index is 1.54. The molecule has 0 saturated carbocycles. The lowest BCUT2D eigenvalue weighted by molar-refractivity contribution is -0.706. The maximum absolute atomic E-state index is 13.3. The molecule has 0 fully saturated rings. The van der Waals surface area contributed by atoms with E-state index in [0.29, 0.717) is 0 Å². The van der Waals surface area contributed by atoms with Gasteiger partial charge in [0.15, 0.2) is 17.8 Å². The molecule has 3 aromatic carbocycles. The molecule has 3 N–H and O–H groups in total. The number of nitrogens with two attached hydrogens (primary N) is 1. The zero-order valence-electron chi connectivity index (χ0n) is 17.5. The van der Waals surface area contributed by atoms with Crippen LogP contribution in [-0.2, 0) is 4.79 Å². The molecule has 156 valence electrons. The number of furan rings is 1. The average molecular weight is 412 g/mol. The lowest BCUT2D eigenvalue weighted by Gasteiger charge is -2.23. The van der Waals surface area contributed by atoms with Gasteiger partial charge in [0.05, 0.1) is 12.3 Å². The van der Waals surface area contributed by atoms with Gasteiger partial charge >= 0.3 is 0 Å². The molecule has 4 rings (SSSR count). The van der Waals surface area contributed by atoms with Crippen LogP contribution in [0.25, 0.3) is 0 Å². The molecule has 0 spiro atoms. The van der Waals surface area contributed by atoms with Gasteiger partial charge in [-0.2, -0.15) is 0 Å². The lowest BCUT2D eigenvalue weighted by Crippen LogP contribution is -2.92. The Kier molecular flexibility index (Phi) is 6.60. The highest BCUT2D eigenvalue weighted by molar-refractivity contribution is 5.80. The van der Waals surface area contributed by atoms with Crippen LogP contribution in [0, 0.1) is 0 Å². The minimum absolute atomic E-state index is 0.0230. The van der Waals surface area contributed by atoms with Gasteiger partial charge in [0.1, 0.15) is 0 Å². The van der Waals surface area contributed by atoms with Crippen molar-refractivity contribution in [1.82, 2.24) is 5.32 Å². The number of carbonyl (C=O) groups excluding carboxylic acids is 1. The van der Waals surface area contributed by atoms with E-state index in [-0.39, 0.29) is 24.0 Å². The van der Waals surface area contributed by atoms with Crippen LogP contribution in [0.3, 0.4) is 0 Å². The Morgan fingerprint density at radius 1 is 0.742 bits per heavy atom. The zero-order chi connectivity index (χ0) is 21.5. The number of benzene rings is 3. The molecule has 0 radical (unpaired) electrons. The van der Waals surface area contributed by atoms with E-state index in [9.17, 15) is 4.79 Å². The summed E-state index contributed by atoms with van der Waals surface area (Å²) >= 11 is 0. The summed E-state index contributed by atoms with van der Waals surface area (Å²) < 4.78 is 5.69. The van der Waals surface area contributed by atoms with Gasteiger partial charge in [0.25, 0.3) is 5.91 Å². The Morgan fingerprint density at radius 2 is 1.26 bits per heavy atom. The molecule has 0 unspecified atom stereocenters. The normalized spacial score (nSPS) is 13.0. The summed E-state index contributed by atoms with van der Waals surface area (Å²) in [6.45, 7) is 1.93. The number of amides is 1. The van der Waals surface area contributed by atoms with Crippen LogP contribution in [0.4, 0.5) is 0 Å². The quantitative estimate of drug-likeness (QED) is 0.456. The summed E-state index contributed by atoms with van der Waals surface area (Å²) in [6.07, 6.45) is 1.67. The molecule has 0 aliphatic heterocycles. The van der Waals surface area contributed by atoms with E-state index >= 15 is 0 Å². The smallest absolute Gasteiger partial charge is 0.278 e. The minimum atomic E-state index is -0.315. The fourth-order valence-electron chi connectivity index (χ4n) is 3.80. The predicted octanol–water partition coefficient (Wildman–Crippen LogP) is 4.23. The van der Waals surface area contributed by atoms with Gasteiger partial charge in [-0.1, -0.05) is 91.0 Å². The first-order chi connectivity index (χ1) is 15.2. The van der Waals surface area contributed by atoms with E-state index in [1.165, 1.54) is 0 Å². The second-order valence-corrected chi connectivity index (χ2v) is 7.65. The second-order valence-electron chi connectivity index (χ2n) is 7.65. The van der Waals surface area contributed by atoms with Gasteiger partial charge in [0.2, 0.25) is 0 Å². The summed E-state index contributed by atoms with van der Waals surface area (Å²) in [7, 11) is 0. The molecule has 1 aromatic heterocycles. The molecular weight excluding hydrogens is 384 g/mol. The number of hydrogen-bond donors (Lipinski definition) is 2. The number of carbonyl (C=O) groups is 1. The van der Waals surface area contributed by atoms with E-state index in [4.69, 9.17) is 4.42 Å². The summed E-state index contributed by atoms with van der Waals surface area (Å²) in [4.78, 5) is 13.3. The minimum Gasteiger partial charge on any atom is -0.463 e. The van der Waals surface area contributed by atoms with E-state index in [1.54, 1.807) is 6.26 Å². The maximum atomic E-state index is 13.3. The van der Waals surface area contributed by atoms with Gasteiger partial charge in [-0.25, -0.2) is 0 Å². The lowest BCUT2D eigenvalue weighted by atomic mass is 9.98. The first-order valence-corrected chi connectivity index (χ1v) is 10.6. The van der Waals surface area contributed by atoms with Crippen LogP contribution in [0.5, 0.6) is 0 Å². The van der Waals surface area contributed by atoms with Crippen molar-refractivity contribution in [3.05, 3.63) is 132 Å². The molecule has 4 heteroatoms. The summed E-state index contributed by atoms with van der Waals surface area (Å²) in [5, 5.41) is 5.30. The zero-order valence-corrected chi connectivity index (χ0v) is 17.5. The second kappa shape index (κ2) is 9.92. The predicted molar refractivity (Wildman–Crippen MR) is 121 cm³/mol. The Hall–Kier alpha value is -3.63. The van der Waals surface area contributed by atoms with Crippen molar-refractivity contribution in [3.8, 4) is 0 Å². The molecule has 0 aliphatic rings. The number of hydrogen-bond acceptors (Lipinski definition) is 2. The first-order valence-electron chi connectivity index (χ1n) is 10.6. The topological polar surface area (TPSA) is 58.9 Å². The molecular formula is C27H27N2O2+. The largest absolute Gasteiger partial charge is 0.463 e. The Labute approximate surface area is 182 Å². The molecule has 4 aromatic rings. The van der Waals surface area contributed by atoms with Crippen LogP contribution < -0.4 is 10.6 Å². The van der Waals surface area contributed by atoms with Crippen LogP contribution in [0.1, 0.15) is 41.5 Å².